The summed E-state index contributed by atoms with van der Waals surface area (Å²) >= 11 is 0. The molecule has 2 N–H and O–H groups in total. The number of hydrogen-bond acceptors (Lipinski definition) is 4. The van der Waals surface area contributed by atoms with Gasteiger partial charge in [-0.15, -0.1) is 0 Å². The lowest BCUT2D eigenvalue weighted by atomic mass is 9.74. The molecule has 0 aromatic heterocycles. The number of carbonyl (C=O) groups is 3. The molecule has 138 valence electrons. The quantitative estimate of drug-likeness (QED) is 0.795. The summed E-state index contributed by atoms with van der Waals surface area (Å²) in [6.45, 7) is 0. The van der Waals surface area contributed by atoms with E-state index in [4.69, 9.17) is 0 Å². The van der Waals surface area contributed by atoms with E-state index in [0.29, 0.717) is 6.42 Å². The van der Waals surface area contributed by atoms with Gasteiger partial charge in [-0.05, 0) is 53.7 Å². The van der Waals surface area contributed by atoms with Crippen molar-refractivity contribution in [3.63, 3.8) is 0 Å². The van der Waals surface area contributed by atoms with Gasteiger partial charge in [0.25, 0.3) is 0 Å². The first kappa shape index (κ1) is 19.1. The Kier molecular flexibility index (Phi) is 5.23. The molecule has 3 atom stereocenters. The summed E-state index contributed by atoms with van der Waals surface area (Å²) in [5, 5.41) is 18.1. The van der Waals surface area contributed by atoms with Crippen molar-refractivity contribution in [2.45, 2.75) is 56.6 Å². The molecule has 0 saturated heterocycles. The fraction of sp³-hybridized carbons (Fsp3) is 0.824. The third kappa shape index (κ3) is 3.55. The van der Waals surface area contributed by atoms with Crippen molar-refractivity contribution in [3.8, 4) is 0 Å². The molecule has 0 bridgehead atoms. The second-order valence-electron chi connectivity index (χ2n) is 7.90. The zero-order chi connectivity index (χ0) is 18.1. The highest BCUT2D eigenvalue weighted by Gasteiger charge is 2.49. The van der Waals surface area contributed by atoms with E-state index in [9.17, 15) is 28.8 Å². The van der Waals surface area contributed by atoms with E-state index < -0.39 is 38.8 Å². The third-order valence-corrected chi connectivity index (χ3v) is 9.89. The molecule has 0 aromatic rings. The summed E-state index contributed by atoms with van der Waals surface area (Å²) < 4.78 is 13.6. The molecule has 7 heteroatoms. The summed E-state index contributed by atoms with van der Waals surface area (Å²) in [7, 11) is -3.54. The first-order chi connectivity index (χ1) is 11.0. The number of carboxylic acid groups (broad SMARTS) is 2. The summed E-state index contributed by atoms with van der Waals surface area (Å²) in [6.07, 6.45) is 8.15. The number of aliphatic carboxylic acids is 2. The Balaban J connectivity index is 2.21. The molecule has 24 heavy (non-hydrogen) atoms. The van der Waals surface area contributed by atoms with Gasteiger partial charge < -0.3 is 10.2 Å². The van der Waals surface area contributed by atoms with E-state index in [0.717, 1.165) is 32.1 Å². The Morgan fingerprint density at radius 2 is 1.38 bits per heavy atom. The molecule has 2 aliphatic rings. The van der Waals surface area contributed by atoms with Crippen LogP contribution in [0.15, 0.2) is 0 Å². The van der Waals surface area contributed by atoms with E-state index in [1.807, 2.05) is 0 Å². The van der Waals surface area contributed by atoms with Gasteiger partial charge in [-0.25, -0.2) is 0 Å². The van der Waals surface area contributed by atoms with Crippen LogP contribution in [0.4, 0.5) is 0 Å². The molecular weight excluding hydrogens is 332 g/mol. The van der Waals surface area contributed by atoms with Crippen molar-refractivity contribution in [2.75, 3.05) is 12.5 Å². The number of carboxylic acids is 2. The molecule has 6 nitrogen and oxygen atoms in total. The van der Waals surface area contributed by atoms with Crippen LogP contribution >= 0.6 is 0 Å². The molecular formula is C17H28O6S. The molecule has 2 fully saturated rings. The predicted octanol–water partition coefficient (Wildman–Crippen LogP) is 2.13. The van der Waals surface area contributed by atoms with Crippen LogP contribution in [0.3, 0.4) is 0 Å². The van der Waals surface area contributed by atoms with Crippen molar-refractivity contribution in [2.24, 2.45) is 17.8 Å². The van der Waals surface area contributed by atoms with Crippen LogP contribution in [0.5, 0.6) is 0 Å². The smallest absolute Gasteiger partial charge is 0.307 e. The van der Waals surface area contributed by atoms with E-state index >= 15 is 0 Å². The van der Waals surface area contributed by atoms with E-state index in [2.05, 4.69) is 0 Å². The fourth-order valence-corrected chi connectivity index (χ4v) is 7.61. The average Bonchev–Trinajstić information content (AvgIpc) is 2.53. The number of rotatable bonds is 4. The van der Waals surface area contributed by atoms with Crippen molar-refractivity contribution in [1.29, 1.82) is 0 Å². The maximum absolute atomic E-state index is 13.6. The van der Waals surface area contributed by atoms with Crippen LogP contribution in [0.25, 0.3) is 0 Å². The first-order valence-electron chi connectivity index (χ1n) is 8.63. The van der Waals surface area contributed by atoms with Crippen molar-refractivity contribution in [3.05, 3.63) is 0 Å². The summed E-state index contributed by atoms with van der Waals surface area (Å²) in [5.41, 5.74) is 0. The minimum absolute atomic E-state index is 0.0198. The molecule has 0 aromatic carbocycles. The second kappa shape index (κ2) is 6.58. The van der Waals surface area contributed by atoms with Gasteiger partial charge in [-0.1, -0.05) is 19.3 Å². The molecule has 2 saturated carbocycles. The molecule has 0 radical (unpaired) electrons. The van der Waals surface area contributed by atoms with Crippen LogP contribution in [-0.2, 0) is 23.4 Å². The minimum Gasteiger partial charge on any atom is -0.481 e. The monoisotopic (exact) mass is 360 g/mol. The highest BCUT2D eigenvalue weighted by Crippen LogP contribution is 2.43. The van der Waals surface area contributed by atoms with Gasteiger partial charge in [-0.2, -0.15) is 0 Å². The number of hydrogen-bond donors (Lipinski definition) is 2. The average molecular weight is 360 g/mol. The molecule has 0 amide bonds. The zero-order valence-corrected chi connectivity index (χ0v) is 15.2. The lowest BCUT2D eigenvalue weighted by molar-refractivity contribution is -0.157. The second-order valence-corrected chi connectivity index (χ2v) is 12.8. The topological polar surface area (TPSA) is 109 Å². The Labute approximate surface area is 142 Å². The standard InChI is InChI=1S/C17H28O6S/c1-24(2,23,12-6-4-3-5-7-12)17(22)11-8-9-13(15(18)19)14(10-11)16(20)21/h11-14H,3-10H2,1-2H3,(H,18,19)(H,20,21). The summed E-state index contributed by atoms with van der Waals surface area (Å²) in [6, 6.07) is 0. The van der Waals surface area contributed by atoms with Gasteiger partial charge in [-0.3, -0.25) is 18.6 Å². The Morgan fingerprint density at radius 3 is 1.88 bits per heavy atom. The van der Waals surface area contributed by atoms with Crippen LogP contribution in [0, 0.1) is 17.8 Å². The zero-order valence-electron chi connectivity index (χ0n) is 14.4. The van der Waals surface area contributed by atoms with Gasteiger partial charge >= 0.3 is 11.9 Å². The molecule has 2 rings (SSSR count). The maximum atomic E-state index is 13.6. The Bertz CT molecular complexity index is 598. The largest absolute Gasteiger partial charge is 0.481 e. The molecule has 3 unspecified atom stereocenters. The molecule has 2 aliphatic carbocycles. The van der Waals surface area contributed by atoms with E-state index in [1.54, 1.807) is 12.5 Å². The minimum atomic E-state index is -3.54. The highest BCUT2D eigenvalue weighted by molar-refractivity contribution is 8.31. The first-order valence-corrected chi connectivity index (χ1v) is 11.5. The molecule has 0 heterocycles. The number of carbonyl (C=O) groups excluding carboxylic acids is 1. The molecule has 0 spiro atoms. The van der Waals surface area contributed by atoms with Gasteiger partial charge in [0.2, 0.25) is 5.12 Å². The predicted molar refractivity (Wildman–Crippen MR) is 91.5 cm³/mol. The normalized spacial score (nSPS) is 30.9. The lowest BCUT2D eigenvalue weighted by Gasteiger charge is -2.45. The summed E-state index contributed by atoms with van der Waals surface area (Å²) in [4.78, 5) is 35.8. The van der Waals surface area contributed by atoms with Gasteiger partial charge in [0.15, 0.2) is 0 Å². The lowest BCUT2D eigenvalue weighted by Crippen LogP contribution is -2.53. The SMILES string of the molecule is CS(C)(=O)(C(=O)C1CCC(C(=O)O)C(C(=O)O)C1)C1CCCCC1. The van der Waals surface area contributed by atoms with Crippen LogP contribution in [-0.4, -0.2) is 49.2 Å². The van der Waals surface area contributed by atoms with Crippen LogP contribution in [0.1, 0.15) is 51.4 Å². The highest BCUT2D eigenvalue weighted by atomic mass is 32.3. The fourth-order valence-electron chi connectivity index (χ4n) is 4.37. The van der Waals surface area contributed by atoms with Crippen molar-refractivity contribution >= 4 is 26.1 Å². The maximum Gasteiger partial charge on any atom is 0.307 e. The Morgan fingerprint density at radius 1 is 0.833 bits per heavy atom. The van der Waals surface area contributed by atoms with Gasteiger partial charge in [0.1, 0.15) is 0 Å². The third-order valence-electron chi connectivity index (χ3n) is 5.94. The van der Waals surface area contributed by atoms with E-state index in [1.165, 1.54) is 0 Å². The molecule has 0 aliphatic heterocycles. The van der Waals surface area contributed by atoms with Gasteiger partial charge in [0, 0.05) is 11.2 Å². The van der Waals surface area contributed by atoms with Gasteiger partial charge in [0.05, 0.1) is 11.8 Å². The van der Waals surface area contributed by atoms with Crippen LogP contribution in [0.2, 0.25) is 0 Å². The van der Waals surface area contributed by atoms with Crippen LogP contribution < -0.4 is 0 Å². The van der Waals surface area contributed by atoms with Crippen molar-refractivity contribution in [1.82, 2.24) is 0 Å². The van der Waals surface area contributed by atoms with E-state index in [-0.39, 0.29) is 23.2 Å². The van der Waals surface area contributed by atoms with Crippen molar-refractivity contribution < 1.29 is 28.8 Å². The summed E-state index contributed by atoms with van der Waals surface area (Å²) in [5.74, 6) is -4.98. The Hall–Kier alpha value is -1.24.